The number of alkyl halides is 3. The fraction of sp³-hybridized carbons (Fsp3) is 1.00. The second-order valence-corrected chi connectivity index (χ2v) is 1.72. The van der Waals surface area contributed by atoms with Crippen molar-refractivity contribution in [3.8, 4) is 0 Å². The molecule has 0 atom stereocenters. The van der Waals surface area contributed by atoms with Crippen molar-refractivity contribution in [2.45, 2.75) is 5.25 Å². The zero-order chi connectivity index (χ0) is 5.21. The molecule has 0 aliphatic carbocycles. The number of rotatable bonds is 1. The maximum Gasteiger partial charge on any atom is 0.304 e. The van der Waals surface area contributed by atoms with Gasteiger partial charge in [-0.25, -0.2) is 0 Å². The minimum Gasteiger partial charge on any atom is -0.193 e. The smallest absolute Gasteiger partial charge is 0.193 e. The third-order valence-electron chi connectivity index (χ3n) is 0.161. The normalized spacial score (nSPS) is 12.0. The zero-order valence-electron chi connectivity index (χ0n) is 2.79. The summed E-state index contributed by atoms with van der Waals surface area (Å²) < 4.78 is 22.4. The third kappa shape index (κ3) is 4.50. The average Bonchev–Trinajstić information content (AvgIpc) is 1.35. The quantitative estimate of drug-likeness (QED) is 0.408. The van der Waals surface area contributed by atoms with Crippen molar-refractivity contribution < 1.29 is 8.78 Å². The van der Waals surface area contributed by atoms with Crippen LogP contribution in [0.3, 0.4) is 0 Å². The van der Waals surface area contributed by atoms with Crippen LogP contribution < -0.4 is 0 Å². The monoisotopic (exact) mass is 132 g/mol. The summed E-state index contributed by atoms with van der Waals surface area (Å²) in [5.74, 6) is -0.726. The van der Waals surface area contributed by atoms with Gasteiger partial charge in [0.25, 0.3) is 0 Å². The largest absolute Gasteiger partial charge is 0.304 e. The molecule has 6 heavy (non-hydrogen) atoms. The van der Waals surface area contributed by atoms with Gasteiger partial charge in [0.15, 0.2) is 0 Å². The van der Waals surface area contributed by atoms with E-state index in [2.05, 4.69) is 24.2 Å². The van der Waals surface area contributed by atoms with E-state index in [-0.39, 0.29) is 0 Å². The van der Waals surface area contributed by atoms with Gasteiger partial charge >= 0.3 is 5.25 Å². The molecular formula is C2H3ClF2S. The first-order chi connectivity index (χ1) is 2.56. The van der Waals surface area contributed by atoms with E-state index in [1.807, 2.05) is 0 Å². The van der Waals surface area contributed by atoms with Gasteiger partial charge in [-0.2, -0.15) is 8.78 Å². The van der Waals surface area contributed by atoms with Gasteiger partial charge in [-0.1, -0.05) is 0 Å². The third-order valence-corrected chi connectivity index (χ3v) is 0.841. The Labute approximate surface area is 44.9 Å². The molecule has 4 heteroatoms. The van der Waals surface area contributed by atoms with Crippen LogP contribution in [0.1, 0.15) is 0 Å². The topological polar surface area (TPSA) is 0 Å². The van der Waals surface area contributed by atoms with E-state index >= 15 is 0 Å². The summed E-state index contributed by atoms with van der Waals surface area (Å²) in [5.41, 5.74) is 0. The van der Waals surface area contributed by atoms with Gasteiger partial charge < -0.3 is 0 Å². The fourth-order valence-corrected chi connectivity index (χ4v) is 0. The lowest BCUT2D eigenvalue weighted by molar-refractivity contribution is 0.135. The number of hydrogen-bond donors (Lipinski definition) is 1. The van der Waals surface area contributed by atoms with Gasteiger partial charge in [0, 0.05) is 0 Å². The molecule has 0 saturated heterocycles. The van der Waals surface area contributed by atoms with Crippen LogP contribution in [0.4, 0.5) is 8.78 Å². The van der Waals surface area contributed by atoms with E-state index in [1.54, 1.807) is 0 Å². The van der Waals surface area contributed by atoms with Crippen LogP contribution in [0, 0.1) is 0 Å². The fourth-order valence-electron chi connectivity index (χ4n) is 0. The van der Waals surface area contributed by atoms with E-state index in [0.29, 0.717) is 0 Å². The van der Waals surface area contributed by atoms with Crippen molar-refractivity contribution >= 4 is 24.2 Å². The minimum atomic E-state index is -3.00. The van der Waals surface area contributed by atoms with Crippen LogP contribution in [-0.4, -0.2) is 11.1 Å². The Morgan fingerprint density at radius 2 is 1.83 bits per heavy atom. The van der Waals surface area contributed by atoms with Crippen molar-refractivity contribution in [1.82, 2.24) is 0 Å². The minimum absolute atomic E-state index is 0.726. The summed E-state index contributed by atoms with van der Waals surface area (Å²) in [5, 5.41) is -3.00. The first-order valence-electron chi connectivity index (χ1n) is 1.22. The van der Waals surface area contributed by atoms with Crippen LogP contribution in [0.15, 0.2) is 0 Å². The second-order valence-electron chi connectivity index (χ2n) is 0.799. The maximum absolute atomic E-state index is 11.2. The van der Waals surface area contributed by atoms with Crippen molar-refractivity contribution in [1.29, 1.82) is 0 Å². The second kappa shape index (κ2) is 1.98. The van der Waals surface area contributed by atoms with E-state index < -0.39 is 11.1 Å². The molecule has 0 fully saturated rings. The van der Waals surface area contributed by atoms with Crippen LogP contribution in [0.2, 0.25) is 0 Å². The van der Waals surface area contributed by atoms with Gasteiger partial charge in [0.2, 0.25) is 0 Å². The highest BCUT2D eigenvalue weighted by Gasteiger charge is 2.19. The highest BCUT2D eigenvalue weighted by atomic mass is 35.5. The first kappa shape index (κ1) is 6.50. The molecule has 0 unspecified atom stereocenters. The van der Waals surface area contributed by atoms with E-state index in [0.717, 1.165) is 0 Å². The molecule has 0 aromatic heterocycles. The Morgan fingerprint density at radius 1 is 1.67 bits per heavy atom. The standard InChI is InChI=1S/C2H3ClF2S/c3-1-2(4,5)6/h6H,1H2. The van der Waals surface area contributed by atoms with Gasteiger partial charge in [0.1, 0.15) is 0 Å². The molecule has 0 nitrogen and oxygen atoms in total. The van der Waals surface area contributed by atoms with Gasteiger partial charge in [-0.05, 0) is 0 Å². The predicted molar refractivity (Wildman–Crippen MR) is 24.7 cm³/mol. The van der Waals surface area contributed by atoms with Crippen molar-refractivity contribution in [2.75, 3.05) is 5.88 Å². The number of halogens is 3. The molecule has 0 aliphatic rings. The van der Waals surface area contributed by atoms with Crippen LogP contribution >= 0.6 is 24.2 Å². The lowest BCUT2D eigenvalue weighted by Gasteiger charge is -1.99. The van der Waals surface area contributed by atoms with Gasteiger partial charge in [0.05, 0.1) is 5.88 Å². The molecule has 0 rings (SSSR count). The molecule has 0 N–H and O–H groups in total. The zero-order valence-corrected chi connectivity index (χ0v) is 4.44. The summed E-state index contributed by atoms with van der Waals surface area (Å²) in [7, 11) is 0. The summed E-state index contributed by atoms with van der Waals surface area (Å²) in [6.45, 7) is 0. The summed E-state index contributed by atoms with van der Waals surface area (Å²) in [4.78, 5) is 0. The molecule has 0 amide bonds. The first-order valence-corrected chi connectivity index (χ1v) is 2.20. The molecule has 0 aromatic carbocycles. The lowest BCUT2D eigenvalue weighted by Crippen LogP contribution is -2.05. The number of thiol groups is 1. The van der Waals surface area contributed by atoms with E-state index in [4.69, 9.17) is 0 Å². The molecule has 0 bridgehead atoms. The highest BCUT2D eigenvalue weighted by molar-refractivity contribution is 7.81. The Morgan fingerprint density at radius 3 is 1.83 bits per heavy atom. The molecular weight excluding hydrogens is 130 g/mol. The average molecular weight is 133 g/mol. The van der Waals surface area contributed by atoms with Crippen LogP contribution in [0.5, 0.6) is 0 Å². The highest BCUT2D eigenvalue weighted by Crippen LogP contribution is 2.18. The Bertz CT molecular complexity index is 41.3. The van der Waals surface area contributed by atoms with Crippen molar-refractivity contribution in [3.05, 3.63) is 0 Å². The molecule has 0 aromatic rings. The van der Waals surface area contributed by atoms with Crippen molar-refractivity contribution in [2.24, 2.45) is 0 Å². The molecule has 0 spiro atoms. The maximum atomic E-state index is 11.2. The lowest BCUT2D eigenvalue weighted by atomic mass is 10.8. The summed E-state index contributed by atoms with van der Waals surface area (Å²) in [6, 6.07) is 0. The SMILES string of the molecule is FC(F)(S)CCl. The Hall–Kier alpha value is 0.500. The predicted octanol–water partition coefficient (Wildman–Crippen LogP) is 1.75. The van der Waals surface area contributed by atoms with Crippen LogP contribution in [-0.2, 0) is 0 Å². The van der Waals surface area contributed by atoms with Crippen molar-refractivity contribution in [3.63, 3.8) is 0 Å². The summed E-state index contributed by atoms with van der Waals surface area (Å²) in [6.07, 6.45) is 0. The molecule has 0 saturated carbocycles. The van der Waals surface area contributed by atoms with Gasteiger partial charge in [-0.15, -0.1) is 24.2 Å². The number of hydrogen-bond acceptors (Lipinski definition) is 1. The summed E-state index contributed by atoms with van der Waals surface area (Å²) >= 11 is 7.44. The van der Waals surface area contributed by atoms with Crippen LogP contribution in [0.25, 0.3) is 0 Å². The Balaban J connectivity index is 3.17. The van der Waals surface area contributed by atoms with E-state index in [9.17, 15) is 8.78 Å². The molecule has 0 radical (unpaired) electrons. The Kier molecular flexibility index (Phi) is 2.15. The molecule has 38 valence electrons. The van der Waals surface area contributed by atoms with Gasteiger partial charge in [-0.3, -0.25) is 0 Å². The molecule has 0 heterocycles. The molecule has 0 aliphatic heterocycles. The van der Waals surface area contributed by atoms with E-state index in [1.165, 1.54) is 0 Å².